The van der Waals surface area contributed by atoms with Crippen molar-refractivity contribution in [3.05, 3.63) is 23.9 Å². The molecule has 5 heteroatoms. The van der Waals surface area contributed by atoms with Gasteiger partial charge < -0.3 is 9.64 Å². The Labute approximate surface area is 126 Å². The molecular formula is C16H25N3O2. The van der Waals surface area contributed by atoms with Crippen LogP contribution in [0, 0.1) is 6.92 Å². The summed E-state index contributed by atoms with van der Waals surface area (Å²) in [5.41, 5.74) is 0.800. The second kappa shape index (κ2) is 6.89. The van der Waals surface area contributed by atoms with Crippen molar-refractivity contribution in [3.8, 4) is 0 Å². The molecule has 1 aliphatic heterocycles. The Morgan fingerprint density at radius 1 is 1.57 bits per heavy atom. The molecule has 1 atom stereocenters. The average Bonchev–Trinajstić information content (AvgIpc) is 2.86. The van der Waals surface area contributed by atoms with E-state index in [1.165, 1.54) is 0 Å². The van der Waals surface area contributed by atoms with Crippen LogP contribution in [-0.4, -0.2) is 41.7 Å². The highest BCUT2D eigenvalue weighted by molar-refractivity contribution is 5.89. The highest BCUT2D eigenvalue weighted by atomic mass is 16.5. The number of rotatable bonds is 5. The minimum atomic E-state index is -0.170. The number of pyridine rings is 1. The van der Waals surface area contributed by atoms with E-state index < -0.39 is 0 Å². The summed E-state index contributed by atoms with van der Waals surface area (Å²) in [6.07, 6.45) is 5.73. The molecule has 1 saturated heterocycles. The molecule has 0 saturated carbocycles. The second-order valence-corrected chi connectivity index (χ2v) is 5.76. The summed E-state index contributed by atoms with van der Waals surface area (Å²) in [7, 11) is 1.70. The first kappa shape index (κ1) is 15.8. The molecule has 0 aliphatic carbocycles. The van der Waals surface area contributed by atoms with Crippen LogP contribution in [0.15, 0.2) is 18.3 Å². The third kappa shape index (κ3) is 3.35. The Kier molecular flexibility index (Phi) is 5.17. The summed E-state index contributed by atoms with van der Waals surface area (Å²) < 4.78 is 5.40. The maximum atomic E-state index is 12.7. The van der Waals surface area contributed by atoms with Crippen LogP contribution in [0.5, 0.6) is 0 Å². The standard InChI is InChI=1S/C16H25N3O2/c1-4-8-16(12-21-3)9-6-11-19(16)15(20)18-14-13(2)7-5-10-17-14/h5,7,10H,4,6,8-9,11-12H2,1-3H3,(H,17,18,20). The van der Waals surface area contributed by atoms with Gasteiger partial charge in [0.15, 0.2) is 0 Å². The van der Waals surface area contributed by atoms with Crippen LogP contribution in [0.3, 0.4) is 0 Å². The van der Waals surface area contributed by atoms with Gasteiger partial charge in [0.05, 0.1) is 12.1 Å². The summed E-state index contributed by atoms with van der Waals surface area (Å²) in [5.74, 6) is 0.636. The number of hydrogen-bond donors (Lipinski definition) is 1. The number of nitrogens with zero attached hydrogens (tertiary/aromatic N) is 2. The number of hydrogen-bond acceptors (Lipinski definition) is 3. The molecule has 1 N–H and O–H groups in total. The highest BCUT2D eigenvalue weighted by Gasteiger charge is 2.43. The van der Waals surface area contributed by atoms with Crippen LogP contribution in [0.25, 0.3) is 0 Å². The fourth-order valence-electron chi connectivity index (χ4n) is 3.26. The molecule has 21 heavy (non-hydrogen) atoms. The zero-order chi connectivity index (χ0) is 15.3. The van der Waals surface area contributed by atoms with E-state index >= 15 is 0 Å². The predicted octanol–water partition coefficient (Wildman–Crippen LogP) is 3.20. The molecule has 0 radical (unpaired) electrons. The zero-order valence-electron chi connectivity index (χ0n) is 13.2. The normalized spacial score (nSPS) is 21.6. The molecule has 1 aromatic rings. The number of urea groups is 1. The lowest BCUT2D eigenvalue weighted by Gasteiger charge is -2.38. The van der Waals surface area contributed by atoms with Gasteiger partial charge in [0.25, 0.3) is 0 Å². The lowest BCUT2D eigenvalue weighted by molar-refractivity contribution is 0.0539. The van der Waals surface area contributed by atoms with E-state index in [4.69, 9.17) is 4.74 Å². The third-order valence-corrected chi connectivity index (χ3v) is 4.20. The molecule has 0 spiro atoms. The van der Waals surface area contributed by atoms with E-state index in [-0.39, 0.29) is 11.6 Å². The van der Waals surface area contributed by atoms with Gasteiger partial charge in [-0.2, -0.15) is 0 Å². The topological polar surface area (TPSA) is 54.5 Å². The van der Waals surface area contributed by atoms with Crippen LogP contribution in [0.2, 0.25) is 0 Å². The fraction of sp³-hybridized carbons (Fsp3) is 0.625. The van der Waals surface area contributed by atoms with Crippen molar-refractivity contribution in [2.24, 2.45) is 0 Å². The van der Waals surface area contributed by atoms with Gasteiger partial charge in [-0.1, -0.05) is 19.4 Å². The van der Waals surface area contributed by atoms with Crippen molar-refractivity contribution in [1.29, 1.82) is 0 Å². The van der Waals surface area contributed by atoms with E-state index in [0.29, 0.717) is 12.4 Å². The van der Waals surface area contributed by atoms with Crippen LogP contribution in [-0.2, 0) is 4.74 Å². The third-order valence-electron chi connectivity index (χ3n) is 4.20. The first-order chi connectivity index (χ1) is 10.1. The van der Waals surface area contributed by atoms with E-state index in [1.54, 1.807) is 13.3 Å². The number of likely N-dealkylation sites (tertiary alicyclic amines) is 1. The molecule has 116 valence electrons. The van der Waals surface area contributed by atoms with Crippen LogP contribution in [0.4, 0.5) is 10.6 Å². The fourth-order valence-corrected chi connectivity index (χ4v) is 3.26. The van der Waals surface area contributed by atoms with Crippen molar-refractivity contribution in [3.63, 3.8) is 0 Å². The van der Waals surface area contributed by atoms with Gasteiger partial charge in [-0.15, -0.1) is 0 Å². The molecule has 2 heterocycles. The van der Waals surface area contributed by atoms with Gasteiger partial charge in [0, 0.05) is 19.9 Å². The Hall–Kier alpha value is -1.62. The molecule has 1 fully saturated rings. The van der Waals surface area contributed by atoms with Crippen molar-refractivity contribution >= 4 is 11.8 Å². The van der Waals surface area contributed by atoms with E-state index in [9.17, 15) is 4.79 Å². The molecule has 2 amide bonds. The summed E-state index contributed by atoms with van der Waals surface area (Å²) >= 11 is 0. The van der Waals surface area contributed by atoms with Gasteiger partial charge in [-0.05, 0) is 37.8 Å². The predicted molar refractivity (Wildman–Crippen MR) is 83.4 cm³/mol. The Morgan fingerprint density at radius 3 is 3.05 bits per heavy atom. The highest BCUT2D eigenvalue weighted by Crippen LogP contribution is 2.34. The first-order valence-electron chi connectivity index (χ1n) is 7.62. The number of amides is 2. The van der Waals surface area contributed by atoms with Crippen molar-refractivity contribution in [2.75, 3.05) is 25.6 Å². The number of carbonyl (C=O) groups is 1. The number of anilines is 1. The molecule has 0 bridgehead atoms. The van der Waals surface area contributed by atoms with Crippen LogP contribution in [0.1, 0.15) is 38.2 Å². The van der Waals surface area contributed by atoms with Gasteiger partial charge >= 0.3 is 6.03 Å². The Balaban J connectivity index is 2.15. The number of ether oxygens (including phenoxy) is 1. The SMILES string of the molecule is CCCC1(COC)CCCN1C(=O)Nc1ncccc1C. The minimum absolute atomic E-state index is 0.0696. The van der Waals surface area contributed by atoms with E-state index in [1.807, 2.05) is 24.0 Å². The smallest absolute Gasteiger partial charge is 0.323 e. The number of carbonyl (C=O) groups excluding carboxylic acids is 1. The summed E-state index contributed by atoms with van der Waals surface area (Å²) in [6.45, 7) is 5.46. The molecule has 1 unspecified atom stereocenters. The Bertz CT molecular complexity index is 484. The molecule has 1 aromatic heterocycles. The molecule has 5 nitrogen and oxygen atoms in total. The van der Waals surface area contributed by atoms with Crippen molar-refractivity contribution < 1.29 is 9.53 Å². The van der Waals surface area contributed by atoms with Gasteiger partial charge in [-0.3, -0.25) is 5.32 Å². The lowest BCUT2D eigenvalue weighted by atomic mass is 9.91. The zero-order valence-corrected chi connectivity index (χ0v) is 13.2. The monoisotopic (exact) mass is 291 g/mol. The lowest BCUT2D eigenvalue weighted by Crippen LogP contribution is -2.52. The Morgan fingerprint density at radius 2 is 2.38 bits per heavy atom. The van der Waals surface area contributed by atoms with Crippen LogP contribution < -0.4 is 5.32 Å². The van der Waals surface area contributed by atoms with E-state index in [2.05, 4.69) is 17.2 Å². The average molecular weight is 291 g/mol. The second-order valence-electron chi connectivity index (χ2n) is 5.76. The maximum Gasteiger partial charge on any atom is 0.323 e. The molecule has 2 rings (SSSR count). The quantitative estimate of drug-likeness (QED) is 0.906. The first-order valence-corrected chi connectivity index (χ1v) is 7.62. The molecule has 1 aliphatic rings. The largest absolute Gasteiger partial charge is 0.382 e. The van der Waals surface area contributed by atoms with E-state index in [0.717, 1.165) is 37.8 Å². The number of methoxy groups -OCH3 is 1. The van der Waals surface area contributed by atoms with Crippen molar-refractivity contribution in [1.82, 2.24) is 9.88 Å². The number of aryl methyl sites for hydroxylation is 1. The summed E-state index contributed by atoms with van der Waals surface area (Å²) in [5, 5.41) is 2.94. The summed E-state index contributed by atoms with van der Waals surface area (Å²) in [6, 6.07) is 3.74. The summed E-state index contributed by atoms with van der Waals surface area (Å²) in [4.78, 5) is 18.8. The number of nitrogens with one attached hydrogen (secondary N) is 1. The van der Waals surface area contributed by atoms with Gasteiger partial charge in [0.1, 0.15) is 5.82 Å². The molecule has 0 aromatic carbocycles. The minimum Gasteiger partial charge on any atom is -0.382 e. The number of aromatic nitrogens is 1. The van der Waals surface area contributed by atoms with Crippen LogP contribution >= 0.6 is 0 Å². The molecular weight excluding hydrogens is 266 g/mol. The maximum absolute atomic E-state index is 12.7. The van der Waals surface area contributed by atoms with Crippen molar-refractivity contribution in [2.45, 2.75) is 45.1 Å². The van der Waals surface area contributed by atoms with Gasteiger partial charge in [-0.25, -0.2) is 9.78 Å². The van der Waals surface area contributed by atoms with Gasteiger partial charge in [0.2, 0.25) is 0 Å².